The van der Waals surface area contributed by atoms with Crippen LogP contribution in [0.2, 0.25) is 0 Å². The van der Waals surface area contributed by atoms with Crippen LogP contribution in [-0.2, 0) is 11.2 Å². The molecule has 3 N–H and O–H groups in total. The Morgan fingerprint density at radius 2 is 2.05 bits per heavy atom. The molecule has 0 aliphatic carbocycles. The van der Waals surface area contributed by atoms with Gasteiger partial charge in [0.15, 0.2) is 0 Å². The summed E-state index contributed by atoms with van der Waals surface area (Å²) in [7, 11) is 0. The molecule has 1 aliphatic heterocycles. The monoisotopic (exact) mass is 284 g/mol. The summed E-state index contributed by atoms with van der Waals surface area (Å²) in [6, 6.07) is 14.2. The number of carbonyl (C=O) groups is 1. The van der Waals surface area contributed by atoms with E-state index in [1.165, 1.54) is 5.39 Å². The van der Waals surface area contributed by atoms with E-state index in [4.69, 9.17) is 0 Å². The predicted octanol–water partition coefficient (Wildman–Crippen LogP) is 1.22. The number of fused-ring (bicyclic) bond motifs is 1. The van der Waals surface area contributed by atoms with E-state index >= 15 is 0 Å². The average Bonchev–Trinajstić information content (AvgIpc) is 2.92. The van der Waals surface area contributed by atoms with Crippen LogP contribution in [0.1, 0.15) is 12.0 Å². The van der Waals surface area contributed by atoms with E-state index in [2.05, 4.69) is 16.7 Å². The van der Waals surface area contributed by atoms with E-state index in [0.717, 1.165) is 17.5 Å². The minimum Gasteiger partial charge on any atom is -0.387 e. The molecule has 0 aromatic heterocycles. The molecule has 2 aromatic rings. The summed E-state index contributed by atoms with van der Waals surface area (Å²) in [5, 5.41) is 18.4. The van der Waals surface area contributed by atoms with E-state index < -0.39 is 5.60 Å². The fraction of sp³-hybridized carbons (Fsp3) is 0.353. The first-order valence-electron chi connectivity index (χ1n) is 7.32. The molecule has 1 atom stereocenters. The molecule has 0 radical (unpaired) electrons. The van der Waals surface area contributed by atoms with E-state index in [-0.39, 0.29) is 5.91 Å². The molecule has 1 heterocycles. The maximum Gasteiger partial charge on any atom is 0.224 e. The first kappa shape index (κ1) is 14.0. The van der Waals surface area contributed by atoms with Crippen molar-refractivity contribution in [2.24, 2.45) is 0 Å². The molecular weight excluding hydrogens is 264 g/mol. The molecular formula is C17H20N2O2. The van der Waals surface area contributed by atoms with E-state index in [0.29, 0.717) is 25.9 Å². The van der Waals surface area contributed by atoms with E-state index in [9.17, 15) is 9.90 Å². The highest BCUT2D eigenvalue weighted by Crippen LogP contribution is 2.16. The van der Waals surface area contributed by atoms with Crippen molar-refractivity contribution < 1.29 is 9.90 Å². The van der Waals surface area contributed by atoms with Crippen LogP contribution < -0.4 is 10.6 Å². The topological polar surface area (TPSA) is 61.4 Å². The molecule has 1 saturated heterocycles. The second-order valence-electron chi connectivity index (χ2n) is 5.79. The lowest BCUT2D eigenvalue weighted by Crippen LogP contribution is -2.44. The van der Waals surface area contributed by atoms with Crippen LogP contribution in [0, 0.1) is 0 Å². The summed E-state index contributed by atoms with van der Waals surface area (Å²) in [6.07, 6.45) is 1.03. The van der Waals surface area contributed by atoms with Crippen molar-refractivity contribution in [1.29, 1.82) is 0 Å². The molecule has 1 unspecified atom stereocenters. The molecule has 1 amide bonds. The van der Waals surface area contributed by atoms with Gasteiger partial charge in [-0.3, -0.25) is 4.79 Å². The highest BCUT2D eigenvalue weighted by atomic mass is 16.3. The summed E-state index contributed by atoms with van der Waals surface area (Å²) >= 11 is 0. The van der Waals surface area contributed by atoms with Crippen LogP contribution in [0.3, 0.4) is 0 Å². The average molecular weight is 284 g/mol. The molecule has 1 fully saturated rings. The Morgan fingerprint density at radius 3 is 2.81 bits per heavy atom. The zero-order valence-corrected chi connectivity index (χ0v) is 11.9. The molecule has 0 spiro atoms. The second-order valence-corrected chi connectivity index (χ2v) is 5.79. The smallest absolute Gasteiger partial charge is 0.224 e. The van der Waals surface area contributed by atoms with Gasteiger partial charge in [0.25, 0.3) is 0 Å². The fourth-order valence-electron chi connectivity index (χ4n) is 2.74. The van der Waals surface area contributed by atoms with Crippen LogP contribution in [0.5, 0.6) is 0 Å². The predicted molar refractivity (Wildman–Crippen MR) is 83.1 cm³/mol. The van der Waals surface area contributed by atoms with Gasteiger partial charge in [-0.25, -0.2) is 0 Å². The molecule has 110 valence electrons. The number of amides is 1. The Balaban J connectivity index is 1.60. The third-order valence-corrected chi connectivity index (χ3v) is 4.01. The van der Waals surface area contributed by atoms with Gasteiger partial charge in [0, 0.05) is 13.1 Å². The highest BCUT2D eigenvalue weighted by molar-refractivity contribution is 5.85. The number of hydrogen-bond donors (Lipinski definition) is 3. The number of nitrogens with one attached hydrogen (secondary N) is 2. The molecule has 4 nitrogen and oxygen atoms in total. The van der Waals surface area contributed by atoms with Gasteiger partial charge in [-0.1, -0.05) is 42.5 Å². The van der Waals surface area contributed by atoms with Gasteiger partial charge in [-0.2, -0.15) is 0 Å². The minimum atomic E-state index is -0.793. The Bertz CT molecular complexity index is 648. The number of hydrogen-bond acceptors (Lipinski definition) is 3. The lowest BCUT2D eigenvalue weighted by molar-refractivity contribution is -0.121. The molecule has 1 aliphatic rings. The van der Waals surface area contributed by atoms with Crippen LogP contribution in [-0.4, -0.2) is 36.2 Å². The van der Waals surface area contributed by atoms with Crippen molar-refractivity contribution in [2.75, 3.05) is 19.6 Å². The maximum absolute atomic E-state index is 12.0. The SMILES string of the molecule is O=C(Cc1ccc2ccccc2c1)NCC1(O)CCNC1. The van der Waals surface area contributed by atoms with E-state index in [1.807, 2.05) is 36.4 Å². The molecule has 0 bridgehead atoms. The van der Waals surface area contributed by atoms with Crippen molar-refractivity contribution in [3.8, 4) is 0 Å². The van der Waals surface area contributed by atoms with Crippen molar-refractivity contribution in [3.05, 3.63) is 48.0 Å². The number of rotatable bonds is 4. The number of β-amino-alcohol motifs (C(OH)–C–C–N with tert-alkyl or cyclic N) is 1. The van der Waals surface area contributed by atoms with Crippen LogP contribution in [0.4, 0.5) is 0 Å². The van der Waals surface area contributed by atoms with Gasteiger partial charge in [0.05, 0.1) is 12.0 Å². The molecule has 4 heteroatoms. The standard InChI is InChI=1S/C17H20N2O2/c20-16(19-12-17(21)7-8-18-11-17)10-13-5-6-14-3-1-2-4-15(14)9-13/h1-6,9,18,21H,7-8,10-12H2,(H,19,20). The largest absolute Gasteiger partial charge is 0.387 e. The number of aliphatic hydroxyl groups is 1. The Hall–Kier alpha value is -1.91. The van der Waals surface area contributed by atoms with Gasteiger partial charge >= 0.3 is 0 Å². The maximum atomic E-state index is 12.0. The molecule has 21 heavy (non-hydrogen) atoms. The van der Waals surface area contributed by atoms with Crippen molar-refractivity contribution in [1.82, 2.24) is 10.6 Å². The fourth-order valence-corrected chi connectivity index (χ4v) is 2.74. The Morgan fingerprint density at radius 1 is 1.24 bits per heavy atom. The summed E-state index contributed by atoms with van der Waals surface area (Å²) < 4.78 is 0. The van der Waals surface area contributed by atoms with Crippen molar-refractivity contribution >= 4 is 16.7 Å². The third kappa shape index (κ3) is 3.40. The summed E-state index contributed by atoms with van der Waals surface area (Å²) in [5.74, 6) is -0.0504. The summed E-state index contributed by atoms with van der Waals surface area (Å²) in [6.45, 7) is 1.66. The van der Waals surface area contributed by atoms with E-state index in [1.54, 1.807) is 0 Å². The van der Waals surface area contributed by atoms with Gasteiger partial charge in [0.2, 0.25) is 5.91 Å². The summed E-state index contributed by atoms with van der Waals surface area (Å²) in [4.78, 5) is 12.0. The zero-order chi connectivity index (χ0) is 14.7. The number of carbonyl (C=O) groups excluding carboxylic acids is 1. The third-order valence-electron chi connectivity index (χ3n) is 4.01. The van der Waals surface area contributed by atoms with Gasteiger partial charge < -0.3 is 15.7 Å². The minimum absolute atomic E-state index is 0.0504. The molecule has 0 saturated carbocycles. The second kappa shape index (κ2) is 5.84. The highest BCUT2D eigenvalue weighted by Gasteiger charge is 2.31. The zero-order valence-electron chi connectivity index (χ0n) is 11.9. The van der Waals surface area contributed by atoms with Crippen LogP contribution >= 0.6 is 0 Å². The summed E-state index contributed by atoms with van der Waals surface area (Å²) in [5.41, 5.74) is 0.196. The molecule has 3 rings (SSSR count). The van der Waals surface area contributed by atoms with Crippen LogP contribution in [0.15, 0.2) is 42.5 Å². The quantitative estimate of drug-likeness (QED) is 0.791. The normalized spacial score (nSPS) is 21.6. The Kier molecular flexibility index (Phi) is 3.90. The van der Waals surface area contributed by atoms with Crippen molar-refractivity contribution in [2.45, 2.75) is 18.4 Å². The lowest BCUT2D eigenvalue weighted by atomic mass is 10.0. The van der Waals surface area contributed by atoms with Gasteiger partial charge in [-0.15, -0.1) is 0 Å². The Labute approximate surface area is 124 Å². The van der Waals surface area contributed by atoms with Gasteiger partial charge in [0.1, 0.15) is 0 Å². The number of benzene rings is 2. The first-order valence-corrected chi connectivity index (χ1v) is 7.32. The molecule has 2 aromatic carbocycles. The lowest BCUT2D eigenvalue weighted by Gasteiger charge is -2.21. The van der Waals surface area contributed by atoms with Gasteiger partial charge in [-0.05, 0) is 29.3 Å². The van der Waals surface area contributed by atoms with Crippen molar-refractivity contribution in [3.63, 3.8) is 0 Å². The van der Waals surface area contributed by atoms with Crippen LogP contribution in [0.25, 0.3) is 10.8 Å². The first-order chi connectivity index (χ1) is 10.1.